The molecule has 1 aliphatic heterocycles. The molecule has 358 valence electrons. The van der Waals surface area contributed by atoms with E-state index in [-0.39, 0.29) is 18.9 Å². The number of nitrogens with one attached hydrogen (secondary N) is 1. The van der Waals surface area contributed by atoms with E-state index in [1.807, 2.05) is 6.08 Å². The monoisotopic (exact) mass is 888 g/mol. The van der Waals surface area contributed by atoms with E-state index >= 15 is 0 Å². The topological polar surface area (TPSA) is 192 Å². The fraction of sp³-hybridized carbons (Fsp3) is 0.854. The zero-order chi connectivity index (χ0) is 44.8. The molecular weight excluding hydrogens is 799 g/mol. The molecule has 1 aliphatic rings. The quantitative estimate of drug-likeness (QED) is 0.0148. The molecule has 6 N–H and O–H groups in total. The maximum atomic E-state index is 13.0. The standard InChI is InChI=1S/C48H89NO11S/c1-3-5-7-9-11-13-15-17-19-20-21-22-24-25-27-29-31-33-35-37-42(51)41(40-58-48-46(54)47(60-61(55,56)57)45(53)43(39-50)59-48)49-44(52)38-36-34-32-30-28-26-23-18-16-14-12-10-8-6-4-2/h12,14,16,18,35,37,41-43,45-48,50-51,53-54H,3-11,13,15,17,19-34,36,38-40H2,1-2H3,(H,49,52)(H,55,56,57)/b14-12-,18-16-,37-35+. The highest BCUT2D eigenvalue weighted by molar-refractivity contribution is 7.80. The van der Waals surface area contributed by atoms with Gasteiger partial charge in [-0.1, -0.05) is 192 Å². The van der Waals surface area contributed by atoms with Gasteiger partial charge >= 0.3 is 10.4 Å². The van der Waals surface area contributed by atoms with E-state index in [2.05, 4.69) is 47.7 Å². The van der Waals surface area contributed by atoms with Crippen LogP contribution in [0, 0.1) is 0 Å². The number of ether oxygens (including phenoxy) is 2. The fourth-order valence-corrected chi connectivity index (χ4v) is 8.13. The summed E-state index contributed by atoms with van der Waals surface area (Å²) in [6.07, 6.45) is 37.5. The van der Waals surface area contributed by atoms with Gasteiger partial charge in [-0.15, -0.1) is 0 Å². The van der Waals surface area contributed by atoms with Crippen molar-refractivity contribution in [1.29, 1.82) is 0 Å². The second-order valence-corrected chi connectivity index (χ2v) is 18.1. The lowest BCUT2D eigenvalue weighted by Crippen LogP contribution is -2.61. The number of carbonyl (C=O) groups is 1. The second-order valence-electron chi connectivity index (χ2n) is 17.1. The van der Waals surface area contributed by atoms with E-state index < -0.39 is 59.9 Å². The molecule has 0 bridgehead atoms. The summed E-state index contributed by atoms with van der Waals surface area (Å²) >= 11 is 0. The van der Waals surface area contributed by atoms with Gasteiger partial charge in [-0.05, 0) is 44.9 Å². The Bertz CT molecular complexity index is 1230. The highest BCUT2D eigenvalue weighted by Gasteiger charge is 2.48. The summed E-state index contributed by atoms with van der Waals surface area (Å²) in [5.74, 6) is -0.275. The minimum absolute atomic E-state index is 0.255. The first kappa shape index (κ1) is 57.3. The van der Waals surface area contributed by atoms with Gasteiger partial charge in [-0.2, -0.15) is 8.42 Å². The predicted molar refractivity (Wildman–Crippen MR) is 245 cm³/mol. The van der Waals surface area contributed by atoms with Crippen LogP contribution in [0.25, 0.3) is 0 Å². The van der Waals surface area contributed by atoms with Crippen LogP contribution in [0.15, 0.2) is 36.5 Å². The largest absolute Gasteiger partial charge is 0.397 e. The van der Waals surface area contributed by atoms with Crippen LogP contribution in [0.3, 0.4) is 0 Å². The summed E-state index contributed by atoms with van der Waals surface area (Å²) in [4.78, 5) is 13.0. The number of aliphatic hydroxyl groups excluding tert-OH is 4. The van der Waals surface area contributed by atoms with Crippen molar-refractivity contribution in [3.8, 4) is 0 Å². The maximum absolute atomic E-state index is 13.0. The fourth-order valence-electron chi connectivity index (χ4n) is 7.62. The number of hydrogen-bond donors (Lipinski definition) is 6. The molecule has 0 aromatic rings. The summed E-state index contributed by atoms with van der Waals surface area (Å²) in [5, 5.41) is 44.7. The third-order valence-corrected chi connectivity index (χ3v) is 11.9. The molecule has 0 spiro atoms. The summed E-state index contributed by atoms with van der Waals surface area (Å²) in [6.45, 7) is 3.35. The number of amides is 1. The maximum Gasteiger partial charge on any atom is 0.397 e. The summed E-state index contributed by atoms with van der Waals surface area (Å²) < 4.78 is 47.6. The number of allylic oxidation sites excluding steroid dienone is 5. The Labute approximate surface area is 371 Å². The van der Waals surface area contributed by atoms with Gasteiger partial charge in [0.1, 0.15) is 24.4 Å². The van der Waals surface area contributed by atoms with E-state index in [1.165, 1.54) is 116 Å². The Morgan fingerprint density at radius 1 is 0.656 bits per heavy atom. The zero-order valence-electron chi connectivity index (χ0n) is 38.2. The molecule has 1 rings (SSSR count). The number of unbranched alkanes of at least 4 members (excludes halogenated alkanes) is 26. The van der Waals surface area contributed by atoms with Gasteiger partial charge in [-0.3, -0.25) is 9.35 Å². The van der Waals surface area contributed by atoms with Crippen molar-refractivity contribution in [2.24, 2.45) is 0 Å². The van der Waals surface area contributed by atoms with Crippen LogP contribution in [-0.2, 0) is 28.9 Å². The van der Waals surface area contributed by atoms with Crippen LogP contribution in [0.1, 0.15) is 206 Å². The van der Waals surface area contributed by atoms with E-state index in [0.717, 1.165) is 64.2 Å². The third kappa shape index (κ3) is 31.8. The number of carbonyl (C=O) groups excluding carboxylic acids is 1. The third-order valence-electron chi connectivity index (χ3n) is 11.4. The van der Waals surface area contributed by atoms with Crippen molar-refractivity contribution in [3.63, 3.8) is 0 Å². The first-order valence-electron chi connectivity index (χ1n) is 24.4. The Morgan fingerprint density at radius 3 is 1.56 bits per heavy atom. The molecule has 0 saturated carbocycles. The molecule has 1 amide bonds. The molecule has 0 aliphatic carbocycles. The van der Waals surface area contributed by atoms with Crippen molar-refractivity contribution >= 4 is 16.3 Å². The average molecular weight is 888 g/mol. The van der Waals surface area contributed by atoms with Crippen molar-refractivity contribution < 1.29 is 51.8 Å². The molecule has 12 nitrogen and oxygen atoms in total. The molecule has 0 aromatic heterocycles. The number of rotatable bonds is 41. The van der Waals surface area contributed by atoms with Crippen molar-refractivity contribution in [1.82, 2.24) is 5.32 Å². The molecule has 1 heterocycles. The molecule has 1 saturated heterocycles. The lowest BCUT2D eigenvalue weighted by Gasteiger charge is -2.41. The smallest absolute Gasteiger partial charge is 0.394 e. The first-order valence-corrected chi connectivity index (χ1v) is 25.8. The van der Waals surface area contributed by atoms with Crippen molar-refractivity contribution in [2.75, 3.05) is 13.2 Å². The highest BCUT2D eigenvalue weighted by atomic mass is 32.3. The van der Waals surface area contributed by atoms with E-state index in [4.69, 9.17) is 9.47 Å². The van der Waals surface area contributed by atoms with Gasteiger partial charge in [-0.25, -0.2) is 4.18 Å². The van der Waals surface area contributed by atoms with Crippen molar-refractivity contribution in [2.45, 2.75) is 249 Å². The Hall–Kier alpha value is -1.68. The first-order chi connectivity index (χ1) is 29.5. The molecule has 0 radical (unpaired) electrons. The van der Waals surface area contributed by atoms with Gasteiger partial charge in [0, 0.05) is 6.42 Å². The van der Waals surface area contributed by atoms with Crippen LogP contribution in [0.5, 0.6) is 0 Å². The van der Waals surface area contributed by atoms with Gasteiger partial charge < -0.3 is 35.2 Å². The summed E-state index contributed by atoms with van der Waals surface area (Å²) in [5.41, 5.74) is 0. The SMILES string of the molecule is CCCCC/C=C\C=C/CCCCCCCCC(=O)NC(COC1OC(CO)C(O)C(OS(=O)(=O)O)C1O)C(O)/C=C/CCCCCCCCCCCCCCCCCCC. The van der Waals surface area contributed by atoms with E-state index in [0.29, 0.717) is 6.42 Å². The summed E-state index contributed by atoms with van der Waals surface area (Å²) in [6, 6.07) is -0.949. The van der Waals surface area contributed by atoms with E-state index in [1.54, 1.807) is 6.08 Å². The predicted octanol–water partition coefficient (Wildman–Crippen LogP) is 9.89. The normalized spacial score (nSPS) is 20.9. The average Bonchev–Trinajstić information content (AvgIpc) is 3.23. The van der Waals surface area contributed by atoms with Crippen LogP contribution in [0.4, 0.5) is 0 Å². The van der Waals surface area contributed by atoms with Gasteiger partial charge in [0.05, 0.1) is 25.4 Å². The van der Waals surface area contributed by atoms with Crippen LogP contribution in [0.2, 0.25) is 0 Å². The summed E-state index contributed by atoms with van der Waals surface area (Å²) in [7, 11) is -5.09. The van der Waals surface area contributed by atoms with Crippen molar-refractivity contribution in [3.05, 3.63) is 36.5 Å². The zero-order valence-corrected chi connectivity index (χ0v) is 39.0. The number of aliphatic hydroxyl groups is 4. The minimum atomic E-state index is -5.09. The van der Waals surface area contributed by atoms with E-state index in [9.17, 15) is 38.2 Å². The van der Waals surface area contributed by atoms with Gasteiger partial charge in [0.2, 0.25) is 5.91 Å². The molecule has 0 aromatic carbocycles. The Kier molecular flexibility index (Phi) is 36.4. The molecule has 13 heteroatoms. The molecule has 7 atom stereocenters. The minimum Gasteiger partial charge on any atom is -0.394 e. The Balaban J connectivity index is 2.50. The van der Waals surface area contributed by atoms with Gasteiger partial charge in [0.15, 0.2) is 6.29 Å². The van der Waals surface area contributed by atoms with Crippen LogP contribution in [-0.4, -0.2) is 95.4 Å². The lowest BCUT2D eigenvalue weighted by atomic mass is 9.99. The van der Waals surface area contributed by atoms with Gasteiger partial charge in [0.25, 0.3) is 0 Å². The second kappa shape index (κ2) is 38.8. The van der Waals surface area contributed by atoms with Crippen LogP contribution < -0.4 is 5.32 Å². The molecular formula is C48H89NO11S. The molecule has 1 fully saturated rings. The van der Waals surface area contributed by atoms with Crippen LogP contribution >= 0.6 is 0 Å². The lowest BCUT2D eigenvalue weighted by molar-refractivity contribution is -0.298. The molecule has 7 unspecified atom stereocenters. The Morgan fingerprint density at radius 2 is 1.08 bits per heavy atom. The number of hydrogen-bond acceptors (Lipinski definition) is 10. The highest BCUT2D eigenvalue weighted by Crippen LogP contribution is 2.26. The molecule has 61 heavy (non-hydrogen) atoms.